The Morgan fingerprint density at radius 2 is 1.88 bits per heavy atom. The fraction of sp³-hybridized carbons (Fsp3) is 0.375. The van der Waals surface area contributed by atoms with Crippen LogP contribution >= 0.6 is 0 Å². The second-order valence-electron chi connectivity index (χ2n) is 5.78. The van der Waals surface area contributed by atoms with Gasteiger partial charge in [-0.2, -0.15) is 0 Å². The van der Waals surface area contributed by atoms with Crippen molar-refractivity contribution in [2.75, 3.05) is 43.4 Å². The fourth-order valence-electron chi connectivity index (χ4n) is 2.70. The van der Waals surface area contributed by atoms with E-state index in [0.29, 0.717) is 25.5 Å². The van der Waals surface area contributed by atoms with Crippen molar-refractivity contribution >= 4 is 17.3 Å². The number of rotatable bonds is 5. The van der Waals surface area contributed by atoms with E-state index in [2.05, 4.69) is 20.2 Å². The summed E-state index contributed by atoms with van der Waals surface area (Å²) in [5, 5.41) is 14.7. The number of hydrogen-bond acceptors (Lipinski definition) is 7. The van der Waals surface area contributed by atoms with Crippen LogP contribution in [-0.2, 0) is 6.54 Å². The summed E-state index contributed by atoms with van der Waals surface area (Å²) in [6, 6.07) is 9.72. The first-order valence-corrected chi connectivity index (χ1v) is 7.86. The maximum absolute atomic E-state index is 11.6. The van der Waals surface area contributed by atoms with E-state index >= 15 is 0 Å². The van der Waals surface area contributed by atoms with Gasteiger partial charge >= 0.3 is 5.69 Å². The Morgan fingerprint density at radius 1 is 1.17 bits per heavy atom. The highest BCUT2D eigenvalue weighted by Crippen LogP contribution is 2.32. The van der Waals surface area contributed by atoms with Crippen molar-refractivity contribution in [2.45, 2.75) is 6.54 Å². The standard InChI is InChI=1S/C16H20N6O2/c1-20-7-9-21(10-8-20)16-14(22(23)24)15(18-12-19-16)17-11-13-5-3-2-4-6-13/h2-6,12H,7-11H2,1H3,(H,17,18,19). The Bertz CT molecular complexity index is 701. The quantitative estimate of drug-likeness (QED) is 0.661. The summed E-state index contributed by atoms with van der Waals surface area (Å²) in [5.74, 6) is 0.645. The molecule has 3 rings (SSSR count). The topological polar surface area (TPSA) is 87.4 Å². The molecule has 0 unspecified atom stereocenters. The maximum atomic E-state index is 11.6. The van der Waals surface area contributed by atoms with Crippen molar-refractivity contribution in [2.24, 2.45) is 0 Å². The van der Waals surface area contributed by atoms with E-state index in [9.17, 15) is 10.1 Å². The Morgan fingerprint density at radius 3 is 2.54 bits per heavy atom. The molecule has 1 aromatic carbocycles. The average molecular weight is 328 g/mol. The second kappa shape index (κ2) is 7.22. The van der Waals surface area contributed by atoms with Crippen LogP contribution in [0.1, 0.15) is 5.56 Å². The molecule has 8 nitrogen and oxygen atoms in total. The average Bonchev–Trinajstić information content (AvgIpc) is 2.61. The van der Waals surface area contributed by atoms with Gasteiger partial charge in [0.15, 0.2) is 0 Å². The molecular weight excluding hydrogens is 308 g/mol. The summed E-state index contributed by atoms with van der Waals surface area (Å²) in [5.41, 5.74) is 0.976. The largest absolute Gasteiger partial charge is 0.360 e. The molecule has 24 heavy (non-hydrogen) atoms. The van der Waals surface area contributed by atoms with E-state index < -0.39 is 4.92 Å². The zero-order valence-electron chi connectivity index (χ0n) is 13.6. The first-order chi connectivity index (χ1) is 11.6. The van der Waals surface area contributed by atoms with Crippen LogP contribution in [0.3, 0.4) is 0 Å². The lowest BCUT2D eigenvalue weighted by Gasteiger charge is -2.32. The summed E-state index contributed by atoms with van der Waals surface area (Å²) in [7, 11) is 2.04. The molecule has 0 amide bonds. The van der Waals surface area contributed by atoms with Crippen LogP contribution < -0.4 is 10.2 Å². The van der Waals surface area contributed by atoms with Crippen molar-refractivity contribution < 1.29 is 4.92 Å². The van der Waals surface area contributed by atoms with Crippen molar-refractivity contribution in [3.63, 3.8) is 0 Å². The minimum absolute atomic E-state index is 0.0574. The van der Waals surface area contributed by atoms with Gasteiger partial charge in [0, 0.05) is 32.7 Å². The minimum atomic E-state index is -0.402. The summed E-state index contributed by atoms with van der Waals surface area (Å²) in [4.78, 5) is 23.6. The van der Waals surface area contributed by atoms with Gasteiger partial charge in [-0.05, 0) is 12.6 Å². The molecule has 126 valence electrons. The summed E-state index contributed by atoms with van der Waals surface area (Å²) in [6.45, 7) is 3.61. The van der Waals surface area contributed by atoms with Crippen LogP contribution in [0.4, 0.5) is 17.3 Å². The monoisotopic (exact) mass is 328 g/mol. The molecule has 0 spiro atoms. The van der Waals surface area contributed by atoms with Crippen LogP contribution in [-0.4, -0.2) is 53.0 Å². The molecule has 1 fully saturated rings. The van der Waals surface area contributed by atoms with Gasteiger partial charge < -0.3 is 15.1 Å². The number of piperazine rings is 1. The zero-order chi connectivity index (χ0) is 16.9. The van der Waals surface area contributed by atoms with Gasteiger partial charge in [-0.25, -0.2) is 9.97 Å². The number of hydrogen-bond donors (Lipinski definition) is 1. The van der Waals surface area contributed by atoms with Gasteiger partial charge in [-0.3, -0.25) is 10.1 Å². The lowest BCUT2D eigenvalue weighted by molar-refractivity contribution is -0.383. The third-order valence-corrected chi connectivity index (χ3v) is 4.09. The number of nitro groups is 1. The normalized spacial score (nSPS) is 15.3. The number of anilines is 2. The lowest BCUT2D eigenvalue weighted by atomic mass is 10.2. The van der Waals surface area contributed by atoms with Gasteiger partial charge in [0.1, 0.15) is 6.33 Å². The molecule has 1 aliphatic heterocycles. The van der Waals surface area contributed by atoms with E-state index in [1.807, 2.05) is 42.3 Å². The smallest absolute Gasteiger partial charge is 0.353 e. The molecule has 1 N–H and O–H groups in total. The van der Waals surface area contributed by atoms with E-state index in [-0.39, 0.29) is 11.5 Å². The first-order valence-electron chi connectivity index (χ1n) is 7.86. The van der Waals surface area contributed by atoms with Crippen molar-refractivity contribution in [1.82, 2.24) is 14.9 Å². The van der Waals surface area contributed by atoms with Gasteiger partial charge in [0.25, 0.3) is 0 Å². The van der Waals surface area contributed by atoms with Crippen LogP contribution in [0.15, 0.2) is 36.7 Å². The Balaban J connectivity index is 1.84. The van der Waals surface area contributed by atoms with Gasteiger partial charge in [0.2, 0.25) is 11.6 Å². The third-order valence-electron chi connectivity index (χ3n) is 4.09. The van der Waals surface area contributed by atoms with Gasteiger partial charge in [-0.15, -0.1) is 0 Å². The predicted molar refractivity (Wildman–Crippen MR) is 92.2 cm³/mol. The predicted octanol–water partition coefficient (Wildman–Crippen LogP) is 1.75. The third kappa shape index (κ3) is 3.60. The Hall–Kier alpha value is -2.74. The maximum Gasteiger partial charge on any atom is 0.353 e. The molecule has 0 saturated carbocycles. The summed E-state index contributed by atoms with van der Waals surface area (Å²) < 4.78 is 0. The molecule has 0 bridgehead atoms. The van der Waals surface area contributed by atoms with E-state index in [1.54, 1.807) is 0 Å². The number of nitrogens with one attached hydrogen (secondary N) is 1. The zero-order valence-corrected chi connectivity index (χ0v) is 13.6. The molecule has 0 atom stereocenters. The fourth-order valence-corrected chi connectivity index (χ4v) is 2.70. The Labute approximate surface area is 140 Å². The molecule has 2 heterocycles. The van der Waals surface area contributed by atoms with Crippen molar-refractivity contribution in [1.29, 1.82) is 0 Å². The summed E-state index contributed by atoms with van der Waals surface area (Å²) in [6.07, 6.45) is 1.38. The van der Waals surface area contributed by atoms with Crippen molar-refractivity contribution in [3.05, 3.63) is 52.3 Å². The first kappa shape index (κ1) is 16.1. The van der Waals surface area contributed by atoms with Crippen LogP contribution in [0.2, 0.25) is 0 Å². The number of benzene rings is 1. The van der Waals surface area contributed by atoms with E-state index in [0.717, 1.165) is 18.7 Å². The van der Waals surface area contributed by atoms with Gasteiger partial charge in [-0.1, -0.05) is 30.3 Å². The molecule has 1 aliphatic rings. The highest BCUT2D eigenvalue weighted by atomic mass is 16.6. The van der Waals surface area contributed by atoms with Crippen LogP contribution in [0.25, 0.3) is 0 Å². The molecular formula is C16H20N6O2. The molecule has 1 saturated heterocycles. The summed E-state index contributed by atoms with van der Waals surface area (Å²) >= 11 is 0. The number of aromatic nitrogens is 2. The van der Waals surface area contributed by atoms with Crippen LogP contribution in [0.5, 0.6) is 0 Å². The van der Waals surface area contributed by atoms with Crippen molar-refractivity contribution in [3.8, 4) is 0 Å². The number of likely N-dealkylation sites (N-methyl/N-ethyl adjacent to an activating group) is 1. The molecule has 0 radical (unpaired) electrons. The molecule has 0 aliphatic carbocycles. The van der Waals surface area contributed by atoms with Crippen LogP contribution in [0, 0.1) is 10.1 Å². The highest BCUT2D eigenvalue weighted by molar-refractivity contribution is 5.70. The SMILES string of the molecule is CN1CCN(c2ncnc(NCc3ccccc3)c2[N+](=O)[O-])CC1. The number of nitrogens with zero attached hydrogens (tertiary/aromatic N) is 5. The molecule has 1 aromatic heterocycles. The molecule has 8 heteroatoms. The van der Waals surface area contributed by atoms with E-state index in [1.165, 1.54) is 6.33 Å². The molecule has 2 aromatic rings. The minimum Gasteiger partial charge on any atom is -0.360 e. The highest BCUT2D eigenvalue weighted by Gasteiger charge is 2.28. The van der Waals surface area contributed by atoms with Gasteiger partial charge in [0.05, 0.1) is 4.92 Å². The lowest BCUT2D eigenvalue weighted by Crippen LogP contribution is -2.45. The Kier molecular flexibility index (Phi) is 4.85. The van der Waals surface area contributed by atoms with E-state index in [4.69, 9.17) is 0 Å². The second-order valence-corrected chi connectivity index (χ2v) is 5.78.